The number of sulfone groups is 1. The molecule has 0 heterocycles. The lowest BCUT2D eigenvalue weighted by Crippen LogP contribution is -2.12. The van der Waals surface area contributed by atoms with Gasteiger partial charge in [-0.15, -0.1) is 0 Å². The van der Waals surface area contributed by atoms with Crippen molar-refractivity contribution in [1.82, 2.24) is 0 Å². The first-order valence-electron chi connectivity index (χ1n) is 6.47. The molecule has 0 fully saturated rings. The summed E-state index contributed by atoms with van der Waals surface area (Å²) in [5.74, 6) is -1.13. The van der Waals surface area contributed by atoms with Crippen molar-refractivity contribution in [2.24, 2.45) is 0 Å². The van der Waals surface area contributed by atoms with Crippen LogP contribution < -0.4 is 0 Å². The summed E-state index contributed by atoms with van der Waals surface area (Å²) in [7, 11) is -3.63. The fourth-order valence-electron chi connectivity index (χ4n) is 2.12. The molecular weight excluding hydrogens is 288 g/mol. The number of benzene rings is 2. The van der Waals surface area contributed by atoms with E-state index in [9.17, 15) is 13.2 Å². The predicted octanol–water partition coefficient (Wildman–Crippen LogP) is 3.23. The summed E-state index contributed by atoms with van der Waals surface area (Å²) >= 11 is 0. The van der Waals surface area contributed by atoms with E-state index in [2.05, 4.69) is 0 Å². The van der Waals surface area contributed by atoms with Gasteiger partial charge in [0.1, 0.15) is 0 Å². The van der Waals surface area contributed by atoms with Gasteiger partial charge in [0.25, 0.3) is 0 Å². The number of aryl methyl sites for hydroxylation is 1. The molecule has 1 unspecified atom stereocenters. The molecule has 0 bridgehead atoms. The zero-order valence-electron chi connectivity index (χ0n) is 11.8. The van der Waals surface area contributed by atoms with Gasteiger partial charge in [-0.25, -0.2) is 13.2 Å². The fraction of sp³-hybridized carbons (Fsp3) is 0.188. The largest absolute Gasteiger partial charge is 0.478 e. The summed E-state index contributed by atoms with van der Waals surface area (Å²) in [6.45, 7) is 3.24. The van der Waals surface area contributed by atoms with Crippen LogP contribution in [-0.4, -0.2) is 19.5 Å². The van der Waals surface area contributed by atoms with Gasteiger partial charge in [0.05, 0.1) is 15.7 Å². The summed E-state index contributed by atoms with van der Waals surface area (Å²) in [5, 5.41) is 8.38. The highest BCUT2D eigenvalue weighted by molar-refractivity contribution is 7.91. The summed E-state index contributed by atoms with van der Waals surface area (Å²) in [5.41, 5.74) is 1.22. The van der Waals surface area contributed by atoms with Crippen molar-refractivity contribution in [3.05, 3.63) is 65.2 Å². The van der Waals surface area contributed by atoms with Crippen molar-refractivity contribution >= 4 is 15.8 Å². The highest BCUT2D eigenvalue weighted by Gasteiger charge is 2.26. The third-order valence-corrected chi connectivity index (χ3v) is 5.62. The quantitative estimate of drug-likeness (QED) is 0.941. The van der Waals surface area contributed by atoms with E-state index in [1.165, 1.54) is 18.2 Å². The number of hydrogen-bond donors (Lipinski definition) is 1. The Morgan fingerprint density at radius 2 is 1.71 bits per heavy atom. The highest BCUT2D eigenvalue weighted by Crippen LogP contribution is 2.29. The van der Waals surface area contributed by atoms with Crippen molar-refractivity contribution < 1.29 is 18.3 Å². The third kappa shape index (κ3) is 2.97. The number of rotatable bonds is 4. The van der Waals surface area contributed by atoms with E-state index in [4.69, 9.17) is 5.11 Å². The molecule has 0 spiro atoms. The summed E-state index contributed by atoms with van der Waals surface area (Å²) < 4.78 is 25.3. The first-order valence-corrected chi connectivity index (χ1v) is 8.01. The average Bonchev–Trinajstić information content (AvgIpc) is 2.47. The maximum Gasteiger partial charge on any atom is 0.335 e. The fourth-order valence-corrected chi connectivity index (χ4v) is 3.58. The molecule has 2 rings (SSSR count). The lowest BCUT2D eigenvalue weighted by atomic mass is 10.1. The average molecular weight is 304 g/mol. The molecule has 1 N–H and O–H groups in total. The molecule has 0 aliphatic rings. The highest BCUT2D eigenvalue weighted by atomic mass is 32.2. The molecule has 4 nitrogen and oxygen atoms in total. The third-order valence-electron chi connectivity index (χ3n) is 3.50. The monoisotopic (exact) mass is 304 g/mol. The molecule has 1 atom stereocenters. The van der Waals surface area contributed by atoms with Crippen LogP contribution in [0.4, 0.5) is 0 Å². The van der Waals surface area contributed by atoms with Crippen LogP contribution in [0.3, 0.4) is 0 Å². The summed E-state index contributed by atoms with van der Waals surface area (Å²) in [6.07, 6.45) is 0. The van der Waals surface area contributed by atoms with Gasteiger partial charge in [-0.05, 0) is 37.1 Å². The molecule has 110 valence electrons. The molecule has 0 saturated carbocycles. The van der Waals surface area contributed by atoms with E-state index >= 15 is 0 Å². The standard InChI is InChI=1S/C16H16O4S/c1-11-8-9-14(10-15(11)16(17)18)21(19,20)12(2)13-6-4-3-5-7-13/h3-10,12H,1-2H3,(H,17,18). The Bertz CT molecular complexity index is 764. The number of carboxylic acids is 1. The van der Waals surface area contributed by atoms with E-state index in [1.54, 1.807) is 38.1 Å². The second-order valence-corrected chi connectivity index (χ2v) is 7.15. The zero-order valence-corrected chi connectivity index (χ0v) is 12.6. The number of carbonyl (C=O) groups is 1. The lowest BCUT2D eigenvalue weighted by Gasteiger charge is -2.14. The summed E-state index contributed by atoms with van der Waals surface area (Å²) in [4.78, 5) is 11.2. The molecule has 21 heavy (non-hydrogen) atoms. The van der Waals surface area contributed by atoms with E-state index in [0.29, 0.717) is 11.1 Å². The number of hydrogen-bond acceptors (Lipinski definition) is 3. The van der Waals surface area contributed by atoms with Crippen LogP contribution in [0.25, 0.3) is 0 Å². The van der Waals surface area contributed by atoms with Crippen molar-refractivity contribution in [3.63, 3.8) is 0 Å². The lowest BCUT2D eigenvalue weighted by molar-refractivity contribution is 0.0696. The number of aromatic carboxylic acids is 1. The van der Waals surface area contributed by atoms with Crippen LogP contribution in [0, 0.1) is 6.92 Å². The SMILES string of the molecule is Cc1ccc(S(=O)(=O)C(C)c2ccccc2)cc1C(=O)O. The predicted molar refractivity (Wildman–Crippen MR) is 80.2 cm³/mol. The molecule has 0 aliphatic carbocycles. The zero-order chi connectivity index (χ0) is 15.6. The smallest absolute Gasteiger partial charge is 0.335 e. The van der Waals surface area contributed by atoms with Crippen LogP contribution in [0.2, 0.25) is 0 Å². The molecule has 0 saturated heterocycles. The van der Waals surface area contributed by atoms with Crippen molar-refractivity contribution in [1.29, 1.82) is 0 Å². The minimum atomic E-state index is -3.63. The van der Waals surface area contributed by atoms with Crippen molar-refractivity contribution in [2.75, 3.05) is 0 Å². The maximum absolute atomic E-state index is 12.6. The topological polar surface area (TPSA) is 71.4 Å². The van der Waals surface area contributed by atoms with Crippen LogP contribution in [0.5, 0.6) is 0 Å². The van der Waals surface area contributed by atoms with Gasteiger partial charge in [-0.2, -0.15) is 0 Å². The Labute approximate surface area is 124 Å². The van der Waals surface area contributed by atoms with Gasteiger partial charge in [-0.1, -0.05) is 36.4 Å². The van der Waals surface area contributed by atoms with Gasteiger partial charge in [0.2, 0.25) is 0 Å². The van der Waals surface area contributed by atoms with Crippen LogP contribution in [0.1, 0.15) is 33.7 Å². The molecule has 2 aromatic carbocycles. The minimum absolute atomic E-state index is 0.0105. The normalized spacial score (nSPS) is 12.9. The maximum atomic E-state index is 12.6. The molecule has 0 amide bonds. The molecule has 0 aliphatic heterocycles. The van der Waals surface area contributed by atoms with Gasteiger partial charge in [0, 0.05) is 0 Å². The first kappa shape index (κ1) is 15.3. The molecule has 0 aromatic heterocycles. The van der Waals surface area contributed by atoms with Crippen LogP contribution >= 0.6 is 0 Å². The second kappa shape index (κ2) is 5.69. The second-order valence-electron chi connectivity index (χ2n) is 4.88. The summed E-state index contributed by atoms with van der Waals surface area (Å²) in [6, 6.07) is 13.1. The van der Waals surface area contributed by atoms with E-state index in [1.807, 2.05) is 6.07 Å². The molecule has 0 radical (unpaired) electrons. The molecular formula is C16H16O4S. The Hall–Kier alpha value is -2.14. The van der Waals surface area contributed by atoms with Crippen molar-refractivity contribution in [2.45, 2.75) is 24.0 Å². The van der Waals surface area contributed by atoms with E-state index in [0.717, 1.165) is 0 Å². The minimum Gasteiger partial charge on any atom is -0.478 e. The Morgan fingerprint density at radius 1 is 1.10 bits per heavy atom. The van der Waals surface area contributed by atoms with Crippen LogP contribution in [-0.2, 0) is 9.84 Å². The van der Waals surface area contributed by atoms with Gasteiger partial charge in [-0.3, -0.25) is 0 Å². The van der Waals surface area contributed by atoms with Crippen LogP contribution in [0.15, 0.2) is 53.4 Å². The van der Waals surface area contributed by atoms with Gasteiger partial charge >= 0.3 is 5.97 Å². The van der Waals surface area contributed by atoms with Gasteiger partial charge < -0.3 is 5.11 Å². The Morgan fingerprint density at radius 3 is 2.29 bits per heavy atom. The number of carboxylic acid groups (broad SMARTS) is 1. The van der Waals surface area contributed by atoms with Gasteiger partial charge in [0.15, 0.2) is 9.84 Å². The Kier molecular flexibility index (Phi) is 4.14. The molecule has 2 aromatic rings. The van der Waals surface area contributed by atoms with E-state index < -0.39 is 21.1 Å². The Balaban J connectivity index is 2.50. The first-order chi connectivity index (χ1) is 9.84. The molecule has 5 heteroatoms. The van der Waals surface area contributed by atoms with Crippen molar-refractivity contribution in [3.8, 4) is 0 Å². The van der Waals surface area contributed by atoms with E-state index in [-0.39, 0.29) is 10.5 Å².